The second-order valence-corrected chi connectivity index (χ2v) is 2.82. The predicted molar refractivity (Wildman–Crippen MR) is 48.1 cm³/mol. The first-order valence-corrected chi connectivity index (χ1v) is 4.02. The van der Waals surface area contributed by atoms with E-state index in [2.05, 4.69) is 4.98 Å². The highest BCUT2D eigenvalue weighted by atomic mass is 16.4. The fraction of sp³-hybridized carbons (Fsp3) is 0.333. The van der Waals surface area contributed by atoms with E-state index in [1.54, 1.807) is 6.92 Å². The van der Waals surface area contributed by atoms with Crippen LogP contribution in [0.3, 0.4) is 0 Å². The van der Waals surface area contributed by atoms with Gasteiger partial charge in [0.05, 0.1) is 5.56 Å². The molecule has 0 unspecified atom stereocenters. The molecule has 0 aliphatic rings. The molecule has 4 heteroatoms. The number of aryl methyl sites for hydroxylation is 2. The normalized spacial score (nSPS) is 10.0. The minimum Gasteiger partial charge on any atom is -0.478 e. The summed E-state index contributed by atoms with van der Waals surface area (Å²) >= 11 is 0. The van der Waals surface area contributed by atoms with Crippen LogP contribution in [0, 0.1) is 6.92 Å². The average molecular weight is 181 g/mol. The first kappa shape index (κ1) is 9.51. The fourth-order valence-electron chi connectivity index (χ4n) is 1.15. The van der Waals surface area contributed by atoms with E-state index in [0.717, 1.165) is 0 Å². The lowest BCUT2D eigenvalue weighted by Crippen LogP contribution is -2.16. The Morgan fingerprint density at radius 1 is 1.62 bits per heavy atom. The Labute approximate surface area is 75.2 Å². The maximum Gasteiger partial charge on any atom is 0.337 e. The number of carboxylic acids is 1. The van der Waals surface area contributed by atoms with Crippen LogP contribution in [-0.4, -0.2) is 16.1 Å². The molecule has 4 nitrogen and oxygen atoms in total. The summed E-state index contributed by atoms with van der Waals surface area (Å²) in [6, 6.07) is 1.43. The maximum atomic E-state index is 11.2. The van der Waals surface area contributed by atoms with E-state index in [4.69, 9.17) is 5.11 Å². The molecular weight excluding hydrogens is 170 g/mol. The molecule has 0 bridgehead atoms. The zero-order valence-electron chi connectivity index (χ0n) is 7.55. The van der Waals surface area contributed by atoms with Crippen molar-refractivity contribution in [1.82, 2.24) is 4.98 Å². The fourth-order valence-corrected chi connectivity index (χ4v) is 1.15. The van der Waals surface area contributed by atoms with Crippen molar-refractivity contribution < 1.29 is 9.90 Å². The van der Waals surface area contributed by atoms with Crippen molar-refractivity contribution >= 4 is 5.97 Å². The van der Waals surface area contributed by atoms with Gasteiger partial charge in [0.25, 0.3) is 5.56 Å². The van der Waals surface area contributed by atoms with Gasteiger partial charge in [0, 0.05) is 11.3 Å². The van der Waals surface area contributed by atoms with Gasteiger partial charge in [0.2, 0.25) is 0 Å². The Morgan fingerprint density at radius 2 is 2.23 bits per heavy atom. The van der Waals surface area contributed by atoms with Crippen molar-refractivity contribution in [3.63, 3.8) is 0 Å². The van der Waals surface area contributed by atoms with Gasteiger partial charge in [-0.25, -0.2) is 4.79 Å². The summed E-state index contributed by atoms with van der Waals surface area (Å²) in [6.45, 7) is 3.38. The van der Waals surface area contributed by atoms with Gasteiger partial charge in [-0.1, -0.05) is 6.92 Å². The first-order valence-electron chi connectivity index (χ1n) is 4.02. The lowest BCUT2D eigenvalue weighted by atomic mass is 10.1. The van der Waals surface area contributed by atoms with Crippen molar-refractivity contribution in [1.29, 1.82) is 0 Å². The minimum absolute atomic E-state index is 0.163. The monoisotopic (exact) mass is 181 g/mol. The Hall–Kier alpha value is -1.58. The van der Waals surface area contributed by atoms with Crippen LogP contribution >= 0.6 is 0 Å². The van der Waals surface area contributed by atoms with Crippen LogP contribution in [0.1, 0.15) is 28.5 Å². The Balaban J connectivity index is 3.39. The quantitative estimate of drug-likeness (QED) is 0.713. The molecule has 0 radical (unpaired) electrons. The summed E-state index contributed by atoms with van der Waals surface area (Å²) < 4.78 is 0. The molecule has 0 aliphatic carbocycles. The number of rotatable bonds is 2. The van der Waals surface area contributed by atoms with Crippen LogP contribution in [0.4, 0.5) is 0 Å². The number of carboxylic acid groups (broad SMARTS) is 1. The van der Waals surface area contributed by atoms with Crippen LogP contribution in [-0.2, 0) is 6.42 Å². The molecular formula is C9H11NO3. The lowest BCUT2D eigenvalue weighted by Gasteiger charge is -2.02. The number of hydrogen-bond acceptors (Lipinski definition) is 2. The predicted octanol–water partition coefficient (Wildman–Crippen LogP) is 0.944. The smallest absolute Gasteiger partial charge is 0.337 e. The van der Waals surface area contributed by atoms with Crippen molar-refractivity contribution in [2.45, 2.75) is 20.3 Å². The zero-order chi connectivity index (χ0) is 10.0. The maximum absolute atomic E-state index is 11.2. The van der Waals surface area contributed by atoms with Crippen molar-refractivity contribution in [2.24, 2.45) is 0 Å². The number of H-pyrrole nitrogens is 1. The summed E-state index contributed by atoms with van der Waals surface area (Å²) in [6.07, 6.45) is 0.538. The zero-order valence-corrected chi connectivity index (χ0v) is 7.55. The largest absolute Gasteiger partial charge is 0.478 e. The Bertz CT molecular complexity index is 392. The molecule has 0 amide bonds. The van der Waals surface area contributed by atoms with Crippen LogP contribution in [0.15, 0.2) is 10.9 Å². The van der Waals surface area contributed by atoms with Gasteiger partial charge < -0.3 is 10.1 Å². The van der Waals surface area contributed by atoms with Crippen LogP contribution in [0.2, 0.25) is 0 Å². The Morgan fingerprint density at radius 3 is 2.69 bits per heavy atom. The van der Waals surface area contributed by atoms with E-state index < -0.39 is 5.97 Å². The molecule has 2 N–H and O–H groups in total. The SMILES string of the molecule is CCc1cc(C(=O)O)c(C)[nH]c1=O. The van der Waals surface area contributed by atoms with E-state index in [1.165, 1.54) is 6.07 Å². The summed E-state index contributed by atoms with van der Waals surface area (Å²) in [7, 11) is 0. The second kappa shape index (κ2) is 3.43. The Kier molecular flexibility index (Phi) is 2.51. The number of hydrogen-bond donors (Lipinski definition) is 2. The molecule has 0 saturated carbocycles. The number of nitrogens with one attached hydrogen (secondary N) is 1. The molecule has 1 heterocycles. The molecule has 13 heavy (non-hydrogen) atoms. The van der Waals surface area contributed by atoms with Crippen LogP contribution in [0.5, 0.6) is 0 Å². The van der Waals surface area contributed by atoms with Gasteiger partial charge in [-0.05, 0) is 19.4 Å². The van der Waals surface area contributed by atoms with Crippen LogP contribution < -0.4 is 5.56 Å². The topological polar surface area (TPSA) is 70.2 Å². The highest BCUT2D eigenvalue weighted by molar-refractivity contribution is 5.88. The molecule has 0 fully saturated rings. The van der Waals surface area contributed by atoms with Gasteiger partial charge in [0.1, 0.15) is 0 Å². The number of aromatic amines is 1. The first-order chi connectivity index (χ1) is 6.06. The highest BCUT2D eigenvalue weighted by Crippen LogP contribution is 2.04. The van der Waals surface area contributed by atoms with Crippen molar-refractivity contribution in [3.8, 4) is 0 Å². The average Bonchev–Trinajstić information content (AvgIpc) is 2.03. The van der Waals surface area contributed by atoms with Gasteiger partial charge in [-0.15, -0.1) is 0 Å². The molecule has 0 aromatic carbocycles. The van der Waals surface area contributed by atoms with Gasteiger partial charge in [0.15, 0.2) is 0 Å². The van der Waals surface area contributed by atoms with Gasteiger partial charge in [-0.3, -0.25) is 4.79 Å². The third kappa shape index (κ3) is 1.77. The summed E-state index contributed by atoms with van der Waals surface area (Å²) in [5.74, 6) is -1.01. The molecule has 0 saturated heterocycles. The minimum atomic E-state index is -1.01. The van der Waals surface area contributed by atoms with E-state index in [0.29, 0.717) is 17.7 Å². The molecule has 1 aromatic heterocycles. The molecule has 70 valence electrons. The molecule has 0 aliphatic heterocycles. The van der Waals surface area contributed by atoms with E-state index >= 15 is 0 Å². The molecule has 1 rings (SSSR count). The standard InChI is InChI=1S/C9H11NO3/c1-3-6-4-7(9(12)13)5(2)10-8(6)11/h4H,3H2,1-2H3,(H,10,11)(H,12,13). The van der Waals surface area contributed by atoms with E-state index in [-0.39, 0.29) is 11.1 Å². The summed E-state index contributed by atoms with van der Waals surface area (Å²) in [5.41, 5.74) is 0.860. The van der Waals surface area contributed by atoms with E-state index in [1.807, 2.05) is 6.92 Å². The second-order valence-electron chi connectivity index (χ2n) is 2.82. The summed E-state index contributed by atoms with van der Waals surface area (Å²) in [5, 5.41) is 8.75. The molecule has 1 aromatic rings. The molecule has 0 spiro atoms. The number of carbonyl (C=O) groups is 1. The van der Waals surface area contributed by atoms with E-state index in [9.17, 15) is 9.59 Å². The van der Waals surface area contributed by atoms with Crippen molar-refractivity contribution in [3.05, 3.63) is 33.2 Å². The van der Waals surface area contributed by atoms with Crippen molar-refractivity contribution in [2.75, 3.05) is 0 Å². The van der Waals surface area contributed by atoms with Gasteiger partial charge >= 0.3 is 5.97 Å². The third-order valence-electron chi connectivity index (χ3n) is 1.93. The van der Waals surface area contributed by atoms with Crippen LogP contribution in [0.25, 0.3) is 0 Å². The molecule has 0 atom stereocenters. The number of pyridine rings is 1. The summed E-state index contributed by atoms with van der Waals surface area (Å²) in [4.78, 5) is 24.4. The number of aromatic nitrogens is 1. The highest BCUT2D eigenvalue weighted by Gasteiger charge is 2.09. The van der Waals surface area contributed by atoms with Gasteiger partial charge in [-0.2, -0.15) is 0 Å². The lowest BCUT2D eigenvalue weighted by molar-refractivity contribution is 0.0695. The third-order valence-corrected chi connectivity index (χ3v) is 1.93. The number of aromatic carboxylic acids is 1.